The molecule has 1 saturated heterocycles. The summed E-state index contributed by atoms with van der Waals surface area (Å²) in [6.07, 6.45) is 0. The molecular formula is C15H34IN5. The minimum atomic E-state index is 0. The first-order valence-corrected chi connectivity index (χ1v) is 8.03. The molecule has 6 heteroatoms. The van der Waals surface area contributed by atoms with Crippen molar-refractivity contribution in [2.45, 2.75) is 33.7 Å². The number of piperazine rings is 1. The Balaban J connectivity index is 0.00000400. The first-order chi connectivity index (χ1) is 9.58. The molecule has 0 aromatic heterocycles. The van der Waals surface area contributed by atoms with E-state index in [0.29, 0.717) is 12.0 Å². The lowest BCUT2D eigenvalue weighted by Crippen LogP contribution is -2.52. The second-order valence-corrected chi connectivity index (χ2v) is 5.90. The van der Waals surface area contributed by atoms with Crippen molar-refractivity contribution in [2.24, 2.45) is 10.9 Å². The second-order valence-electron chi connectivity index (χ2n) is 5.90. The highest BCUT2D eigenvalue weighted by atomic mass is 127. The van der Waals surface area contributed by atoms with Gasteiger partial charge in [-0.25, -0.2) is 0 Å². The smallest absolute Gasteiger partial charge is 0.191 e. The van der Waals surface area contributed by atoms with Gasteiger partial charge in [-0.2, -0.15) is 0 Å². The summed E-state index contributed by atoms with van der Waals surface area (Å²) in [5.74, 6) is 1.57. The maximum atomic E-state index is 4.76. The molecular weight excluding hydrogens is 377 g/mol. The quantitative estimate of drug-likeness (QED) is 0.395. The van der Waals surface area contributed by atoms with Gasteiger partial charge in [0.15, 0.2) is 5.96 Å². The zero-order valence-corrected chi connectivity index (χ0v) is 16.7. The van der Waals surface area contributed by atoms with Crippen LogP contribution in [0.2, 0.25) is 0 Å². The lowest BCUT2D eigenvalue weighted by Gasteiger charge is -2.39. The molecule has 1 unspecified atom stereocenters. The van der Waals surface area contributed by atoms with Crippen molar-refractivity contribution < 1.29 is 0 Å². The highest BCUT2D eigenvalue weighted by Crippen LogP contribution is 2.13. The summed E-state index contributed by atoms with van der Waals surface area (Å²) in [7, 11) is 2.20. The minimum Gasteiger partial charge on any atom is -0.357 e. The summed E-state index contributed by atoms with van der Waals surface area (Å²) in [6, 6.07) is 0.538. The third kappa shape index (κ3) is 7.65. The Morgan fingerprint density at radius 1 is 1.05 bits per heavy atom. The Morgan fingerprint density at radius 3 is 2.00 bits per heavy atom. The maximum absolute atomic E-state index is 4.76. The van der Waals surface area contributed by atoms with E-state index in [9.17, 15) is 0 Å². The molecule has 1 heterocycles. The van der Waals surface area contributed by atoms with E-state index in [0.717, 1.165) is 38.7 Å². The fraction of sp³-hybridized carbons (Fsp3) is 0.933. The Hall–Kier alpha value is -0.0800. The van der Waals surface area contributed by atoms with Crippen LogP contribution < -0.4 is 10.6 Å². The van der Waals surface area contributed by atoms with Crippen LogP contribution in [0.15, 0.2) is 4.99 Å². The summed E-state index contributed by atoms with van der Waals surface area (Å²) in [5, 5.41) is 6.60. The molecule has 0 saturated carbocycles. The molecule has 0 aromatic rings. The Bertz CT molecular complexity index is 280. The molecule has 0 aromatic carbocycles. The van der Waals surface area contributed by atoms with Gasteiger partial charge < -0.3 is 15.5 Å². The summed E-state index contributed by atoms with van der Waals surface area (Å²) in [5.41, 5.74) is 0. The van der Waals surface area contributed by atoms with Crippen LogP contribution in [0.5, 0.6) is 0 Å². The van der Waals surface area contributed by atoms with Gasteiger partial charge in [0.1, 0.15) is 0 Å². The van der Waals surface area contributed by atoms with Gasteiger partial charge in [-0.3, -0.25) is 9.89 Å². The van der Waals surface area contributed by atoms with Gasteiger partial charge >= 0.3 is 0 Å². The highest BCUT2D eigenvalue weighted by molar-refractivity contribution is 14.0. The number of rotatable bonds is 6. The van der Waals surface area contributed by atoms with Gasteiger partial charge in [-0.15, -0.1) is 24.0 Å². The predicted molar refractivity (Wildman–Crippen MR) is 103 cm³/mol. The third-order valence-corrected chi connectivity index (χ3v) is 3.90. The van der Waals surface area contributed by atoms with Crippen molar-refractivity contribution in [3.05, 3.63) is 0 Å². The van der Waals surface area contributed by atoms with Crippen molar-refractivity contribution in [1.29, 1.82) is 0 Å². The molecule has 1 atom stereocenters. The first-order valence-electron chi connectivity index (χ1n) is 8.03. The Morgan fingerprint density at radius 2 is 1.57 bits per heavy atom. The molecule has 1 rings (SSSR count). The fourth-order valence-electron chi connectivity index (χ4n) is 2.60. The second kappa shape index (κ2) is 11.5. The fourth-order valence-corrected chi connectivity index (χ4v) is 2.60. The van der Waals surface area contributed by atoms with Crippen molar-refractivity contribution in [3.8, 4) is 0 Å². The average molecular weight is 411 g/mol. The highest BCUT2D eigenvalue weighted by Gasteiger charge is 2.24. The van der Waals surface area contributed by atoms with Crippen LogP contribution in [0.3, 0.4) is 0 Å². The molecule has 1 aliphatic rings. The topological polar surface area (TPSA) is 42.9 Å². The van der Waals surface area contributed by atoms with E-state index in [2.05, 4.69) is 55.2 Å². The molecule has 126 valence electrons. The number of hydrogen-bond donors (Lipinski definition) is 2. The van der Waals surface area contributed by atoms with Crippen LogP contribution in [0, 0.1) is 5.92 Å². The average Bonchev–Trinajstić information content (AvgIpc) is 2.41. The van der Waals surface area contributed by atoms with Gasteiger partial charge in [0.2, 0.25) is 0 Å². The Kier molecular flexibility index (Phi) is 11.4. The third-order valence-electron chi connectivity index (χ3n) is 3.90. The van der Waals surface area contributed by atoms with Crippen molar-refractivity contribution in [2.75, 3.05) is 52.9 Å². The molecule has 2 N–H and O–H groups in total. The zero-order chi connectivity index (χ0) is 15.0. The standard InChI is InChI=1S/C15H33N5.HI/c1-6-16-15(17-7-2)18-12-14(13(3)4)20-10-8-19(5)9-11-20;/h13-14H,6-12H2,1-5H3,(H2,16,17,18);1H. The number of nitrogens with one attached hydrogen (secondary N) is 2. The first kappa shape index (κ1) is 20.9. The molecule has 5 nitrogen and oxygen atoms in total. The number of aliphatic imine (C=N–C) groups is 1. The maximum Gasteiger partial charge on any atom is 0.191 e. The molecule has 1 aliphatic heterocycles. The molecule has 0 amide bonds. The number of guanidine groups is 1. The number of hydrogen-bond acceptors (Lipinski definition) is 3. The number of likely N-dealkylation sites (N-methyl/N-ethyl adjacent to an activating group) is 1. The summed E-state index contributed by atoms with van der Waals surface area (Å²) in [6.45, 7) is 16.2. The van der Waals surface area contributed by atoms with E-state index in [-0.39, 0.29) is 24.0 Å². The van der Waals surface area contributed by atoms with E-state index in [1.807, 2.05) is 0 Å². The molecule has 0 spiro atoms. The normalized spacial score (nSPS) is 18.0. The van der Waals surface area contributed by atoms with Crippen LogP contribution in [-0.4, -0.2) is 74.7 Å². The van der Waals surface area contributed by atoms with Gasteiger partial charge in [-0.1, -0.05) is 13.8 Å². The summed E-state index contributed by atoms with van der Waals surface area (Å²) >= 11 is 0. The van der Waals surface area contributed by atoms with Crippen LogP contribution in [-0.2, 0) is 0 Å². The van der Waals surface area contributed by atoms with Gasteiger partial charge in [0, 0.05) is 45.3 Å². The van der Waals surface area contributed by atoms with E-state index in [1.54, 1.807) is 0 Å². The van der Waals surface area contributed by atoms with E-state index < -0.39 is 0 Å². The van der Waals surface area contributed by atoms with Crippen molar-refractivity contribution in [3.63, 3.8) is 0 Å². The molecule has 1 fully saturated rings. The van der Waals surface area contributed by atoms with Gasteiger partial charge in [0.25, 0.3) is 0 Å². The lowest BCUT2D eigenvalue weighted by atomic mass is 10.0. The molecule has 0 aliphatic carbocycles. The van der Waals surface area contributed by atoms with E-state index in [4.69, 9.17) is 4.99 Å². The SMILES string of the molecule is CCNC(=NCC(C(C)C)N1CCN(C)CC1)NCC.I. The summed E-state index contributed by atoms with van der Waals surface area (Å²) in [4.78, 5) is 9.76. The van der Waals surface area contributed by atoms with Gasteiger partial charge in [-0.05, 0) is 26.8 Å². The lowest BCUT2D eigenvalue weighted by molar-refractivity contribution is 0.0925. The zero-order valence-electron chi connectivity index (χ0n) is 14.4. The molecule has 0 bridgehead atoms. The summed E-state index contributed by atoms with van der Waals surface area (Å²) < 4.78 is 0. The van der Waals surface area contributed by atoms with Gasteiger partial charge in [0.05, 0.1) is 6.54 Å². The van der Waals surface area contributed by atoms with Crippen LogP contribution in [0.4, 0.5) is 0 Å². The number of nitrogens with zero attached hydrogens (tertiary/aromatic N) is 3. The molecule has 21 heavy (non-hydrogen) atoms. The Labute approximate surface area is 148 Å². The monoisotopic (exact) mass is 411 g/mol. The van der Waals surface area contributed by atoms with Crippen LogP contribution >= 0.6 is 24.0 Å². The number of halogens is 1. The van der Waals surface area contributed by atoms with Crippen LogP contribution in [0.1, 0.15) is 27.7 Å². The van der Waals surface area contributed by atoms with Crippen molar-refractivity contribution >= 4 is 29.9 Å². The van der Waals surface area contributed by atoms with E-state index >= 15 is 0 Å². The predicted octanol–water partition coefficient (Wildman–Crippen LogP) is 1.45. The largest absolute Gasteiger partial charge is 0.357 e. The minimum absolute atomic E-state index is 0. The van der Waals surface area contributed by atoms with Crippen LogP contribution in [0.25, 0.3) is 0 Å². The van der Waals surface area contributed by atoms with E-state index in [1.165, 1.54) is 13.1 Å². The van der Waals surface area contributed by atoms with Crippen molar-refractivity contribution in [1.82, 2.24) is 20.4 Å². The molecule has 0 radical (unpaired) electrons.